The molecule has 1 aromatic carbocycles. The van der Waals surface area contributed by atoms with E-state index in [1.54, 1.807) is 24.1 Å². The van der Waals surface area contributed by atoms with Crippen LogP contribution in [-0.2, 0) is 14.6 Å². The number of aromatic amines is 1. The minimum absolute atomic E-state index is 0.0906. The number of carbonyl (C=O) groups is 1. The summed E-state index contributed by atoms with van der Waals surface area (Å²) in [6.07, 6.45) is 0.580. The number of nitrogens with one attached hydrogen (secondary N) is 2. The van der Waals surface area contributed by atoms with Crippen LogP contribution in [0.2, 0.25) is 0 Å². The van der Waals surface area contributed by atoms with Crippen LogP contribution in [0.3, 0.4) is 0 Å². The van der Waals surface area contributed by atoms with Crippen LogP contribution in [0, 0.1) is 6.92 Å². The van der Waals surface area contributed by atoms with Gasteiger partial charge in [-0.05, 0) is 44.7 Å². The summed E-state index contributed by atoms with van der Waals surface area (Å²) in [5.41, 5.74) is 1.53. The van der Waals surface area contributed by atoms with Crippen molar-refractivity contribution >= 4 is 21.4 Å². The van der Waals surface area contributed by atoms with E-state index in [1.165, 1.54) is 0 Å². The second-order valence-electron chi connectivity index (χ2n) is 6.34. The van der Waals surface area contributed by atoms with Crippen molar-refractivity contribution in [1.29, 1.82) is 0 Å². The largest absolute Gasteiger partial charge is 0.325 e. The molecule has 8 nitrogen and oxygen atoms in total. The number of carbonyl (C=O) groups excluding carboxylic acids is 1. The number of benzene rings is 1. The van der Waals surface area contributed by atoms with Gasteiger partial charge in [-0.2, -0.15) is 5.10 Å². The summed E-state index contributed by atoms with van der Waals surface area (Å²) in [7, 11) is -1.17. The van der Waals surface area contributed by atoms with Crippen LogP contribution in [0.5, 0.6) is 0 Å². The first-order valence-corrected chi connectivity index (χ1v) is 9.84. The zero-order valence-corrected chi connectivity index (χ0v) is 15.0. The van der Waals surface area contributed by atoms with Gasteiger partial charge in [0.1, 0.15) is 5.82 Å². The SMILES string of the molecule is Cc1nc(-c2ccc(NC(=O)CN(C)[C@H]3CCS(=O)(=O)C3)cc2)n[nH]1. The first kappa shape index (κ1) is 17.6. The van der Waals surface area contributed by atoms with E-state index in [4.69, 9.17) is 0 Å². The number of aromatic nitrogens is 3. The highest BCUT2D eigenvalue weighted by Crippen LogP contribution is 2.19. The lowest BCUT2D eigenvalue weighted by Gasteiger charge is -2.22. The Morgan fingerprint density at radius 1 is 1.36 bits per heavy atom. The first-order chi connectivity index (χ1) is 11.8. The van der Waals surface area contributed by atoms with Crippen molar-refractivity contribution in [3.63, 3.8) is 0 Å². The Kier molecular flexibility index (Phi) is 4.87. The summed E-state index contributed by atoms with van der Waals surface area (Å²) in [5.74, 6) is 1.50. The van der Waals surface area contributed by atoms with Gasteiger partial charge in [-0.3, -0.25) is 14.8 Å². The fourth-order valence-corrected chi connectivity index (χ4v) is 4.66. The molecule has 0 aliphatic carbocycles. The van der Waals surface area contributed by atoms with Gasteiger partial charge in [0.05, 0.1) is 18.1 Å². The van der Waals surface area contributed by atoms with Crippen molar-refractivity contribution in [1.82, 2.24) is 20.1 Å². The highest BCUT2D eigenvalue weighted by Gasteiger charge is 2.31. The molecule has 25 heavy (non-hydrogen) atoms. The van der Waals surface area contributed by atoms with Crippen LogP contribution in [0.25, 0.3) is 11.4 Å². The summed E-state index contributed by atoms with van der Waals surface area (Å²) in [6.45, 7) is 1.99. The smallest absolute Gasteiger partial charge is 0.238 e. The fraction of sp³-hybridized carbons (Fsp3) is 0.438. The summed E-state index contributed by atoms with van der Waals surface area (Å²) in [6, 6.07) is 7.17. The molecule has 1 fully saturated rings. The number of hydrogen-bond donors (Lipinski definition) is 2. The second kappa shape index (κ2) is 6.93. The van der Waals surface area contributed by atoms with Crippen molar-refractivity contribution in [2.24, 2.45) is 0 Å². The number of likely N-dealkylation sites (N-methyl/N-ethyl adjacent to an activating group) is 1. The van der Waals surface area contributed by atoms with Crippen LogP contribution >= 0.6 is 0 Å². The van der Waals surface area contributed by atoms with Crippen LogP contribution in [-0.4, -0.2) is 65.5 Å². The monoisotopic (exact) mass is 363 g/mol. The zero-order valence-electron chi connectivity index (χ0n) is 14.2. The molecule has 134 valence electrons. The van der Waals surface area contributed by atoms with Crippen molar-refractivity contribution in [3.05, 3.63) is 30.1 Å². The topological polar surface area (TPSA) is 108 Å². The third-order valence-electron chi connectivity index (χ3n) is 4.25. The van der Waals surface area contributed by atoms with E-state index in [1.807, 2.05) is 19.1 Å². The van der Waals surface area contributed by atoms with E-state index < -0.39 is 9.84 Å². The zero-order chi connectivity index (χ0) is 18.0. The number of amides is 1. The Labute approximate surface area is 146 Å². The minimum Gasteiger partial charge on any atom is -0.325 e. The second-order valence-corrected chi connectivity index (χ2v) is 8.57. The number of H-pyrrole nitrogens is 1. The van der Waals surface area contributed by atoms with Crippen molar-refractivity contribution in [3.8, 4) is 11.4 Å². The van der Waals surface area contributed by atoms with Gasteiger partial charge in [0.25, 0.3) is 0 Å². The number of aryl methyl sites for hydroxylation is 1. The molecule has 9 heteroatoms. The standard InChI is InChI=1S/C16H21N5O3S/c1-11-17-16(20-19-11)12-3-5-13(6-4-12)18-15(22)9-21(2)14-7-8-25(23,24)10-14/h3-6,14H,7-10H2,1-2H3,(H,18,22)(H,17,19,20)/t14-/m0/s1. The average Bonchev–Trinajstić information content (AvgIpc) is 3.13. The Bertz CT molecular complexity index is 860. The lowest BCUT2D eigenvalue weighted by atomic mass is 10.2. The molecule has 1 saturated heterocycles. The number of sulfone groups is 1. The van der Waals surface area contributed by atoms with Crippen LogP contribution in [0.1, 0.15) is 12.2 Å². The molecule has 0 radical (unpaired) electrons. The van der Waals surface area contributed by atoms with E-state index in [-0.39, 0.29) is 30.0 Å². The van der Waals surface area contributed by atoms with E-state index in [2.05, 4.69) is 20.5 Å². The van der Waals surface area contributed by atoms with Gasteiger partial charge in [-0.25, -0.2) is 13.4 Å². The molecule has 2 aromatic rings. The molecular weight excluding hydrogens is 342 g/mol. The molecule has 2 heterocycles. The van der Waals surface area contributed by atoms with Gasteiger partial charge >= 0.3 is 0 Å². The highest BCUT2D eigenvalue weighted by atomic mass is 32.2. The van der Waals surface area contributed by atoms with E-state index >= 15 is 0 Å². The molecule has 3 rings (SSSR count). The normalized spacial score (nSPS) is 19.2. The maximum atomic E-state index is 12.2. The number of rotatable bonds is 5. The van der Waals surface area contributed by atoms with Gasteiger partial charge in [0.15, 0.2) is 15.7 Å². The fourth-order valence-electron chi connectivity index (χ4n) is 2.85. The van der Waals surface area contributed by atoms with Crippen molar-refractivity contribution < 1.29 is 13.2 Å². The Hall–Kier alpha value is -2.26. The van der Waals surface area contributed by atoms with Crippen molar-refractivity contribution in [2.45, 2.75) is 19.4 Å². The molecule has 0 unspecified atom stereocenters. The maximum Gasteiger partial charge on any atom is 0.238 e. The third-order valence-corrected chi connectivity index (χ3v) is 6.00. The summed E-state index contributed by atoms with van der Waals surface area (Å²) < 4.78 is 23.1. The maximum absolute atomic E-state index is 12.2. The minimum atomic E-state index is -2.95. The van der Waals surface area contributed by atoms with E-state index in [9.17, 15) is 13.2 Å². The predicted molar refractivity (Wildman–Crippen MR) is 94.9 cm³/mol. The highest BCUT2D eigenvalue weighted by molar-refractivity contribution is 7.91. The molecule has 0 bridgehead atoms. The number of anilines is 1. The molecule has 2 N–H and O–H groups in total. The third kappa shape index (κ3) is 4.43. The summed E-state index contributed by atoms with van der Waals surface area (Å²) in [5, 5.41) is 9.70. The van der Waals surface area contributed by atoms with Gasteiger partial charge in [-0.1, -0.05) is 0 Å². The Balaban J connectivity index is 1.56. The molecule has 1 aromatic heterocycles. The average molecular weight is 363 g/mol. The van der Waals surface area contributed by atoms with E-state index in [0.717, 1.165) is 11.4 Å². The molecule has 0 spiro atoms. The molecule has 1 amide bonds. The lowest BCUT2D eigenvalue weighted by Crippen LogP contribution is -2.38. The van der Waals surface area contributed by atoms with Gasteiger partial charge < -0.3 is 5.32 Å². The summed E-state index contributed by atoms with van der Waals surface area (Å²) in [4.78, 5) is 18.2. The Morgan fingerprint density at radius 2 is 2.08 bits per heavy atom. The molecule has 1 atom stereocenters. The predicted octanol–water partition coefficient (Wildman–Crippen LogP) is 0.838. The van der Waals surface area contributed by atoms with Crippen LogP contribution in [0.15, 0.2) is 24.3 Å². The lowest BCUT2D eigenvalue weighted by molar-refractivity contribution is -0.117. The molecule has 1 aliphatic heterocycles. The number of hydrogen-bond acceptors (Lipinski definition) is 6. The van der Waals surface area contributed by atoms with Crippen LogP contribution < -0.4 is 5.32 Å². The molecule has 1 aliphatic rings. The molecule has 0 saturated carbocycles. The van der Waals surface area contributed by atoms with Crippen molar-refractivity contribution in [2.75, 3.05) is 30.4 Å². The first-order valence-electron chi connectivity index (χ1n) is 8.02. The number of nitrogens with zero attached hydrogens (tertiary/aromatic N) is 3. The van der Waals surface area contributed by atoms with Gasteiger partial charge in [0, 0.05) is 17.3 Å². The summed E-state index contributed by atoms with van der Waals surface area (Å²) >= 11 is 0. The Morgan fingerprint density at radius 3 is 2.64 bits per heavy atom. The van der Waals surface area contributed by atoms with Crippen LogP contribution in [0.4, 0.5) is 5.69 Å². The molecular formula is C16H21N5O3S. The van der Waals surface area contributed by atoms with Gasteiger partial charge in [-0.15, -0.1) is 0 Å². The van der Waals surface area contributed by atoms with E-state index in [0.29, 0.717) is 17.9 Å². The quantitative estimate of drug-likeness (QED) is 0.815. The van der Waals surface area contributed by atoms with Gasteiger partial charge in [0.2, 0.25) is 5.91 Å².